The summed E-state index contributed by atoms with van der Waals surface area (Å²) in [6, 6.07) is 44.5. The van der Waals surface area contributed by atoms with Gasteiger partial charge in [0.15, 0.2) is 18.1 Å². The molecular weight excluding hydrogens is 1110 g/mol. The number of phenols is 2. The number of carbonyl (C=O) groups is 4. The normalized spacial score (nSPS) is 13.7. The predicted molar refractivity (Wildman–Crippen MR) is 354 cm³/mol. The summed E-state index contributed by atoms with van der Waals surface area (Å²) >= 11 is 0. The van der Waals surface area contributed by atoms with Crippen LogP contribution in [0.5, 0.6) is 11.5 Å². The van der Waals surface area contributed by atoms with Gasteiger partial charge in [0.25, 0.3) is 17.7 Å². The average Bonchev–Trinajstić information content (AvgIpc) is 3.58. The van der Waals surface area contributed by atoms with Crippen LogP contribution in [-0.4, -0.2) is 114 Å². The number of unbranched alkanes of at least 4 members (excludes halogenated alkanes) is 4. The van der Waals surface area contributed by atoms with Crippen molar-refractivity contribution in [3.8, 4) is 11.5 Å². The van der Waals surface area contributed by atoms with Crippen LogP contribution in [0, 0.1) is 0 Å². The molecule has 19 nitrogen and oxygen atoms in total. The molecule has 0 unspecified atom stereocenters. The van der Waals surface area contributed by atoms with Crippen molar-refractivity contribution in [3.63, 3.8) is 0 Å². The second-order valence-corrected chi connectivity index (χ2v) is 23.4. The number of hydrogen-bond donors (Lipinski definition) is 15. The van der Waals surface area contributed by atoms with Crippen LogP contribution in [0.1, 0.15) is 139 Å². The minimum absolute atomic E-state index is 0.0625. The SMILES string of the molecule is C[C@@H](Cc1ccccc1)NC(=O)[C@@H]([NH3+])CCCC[NH3+].C[C@@H](Cc1ccccc1)NC(=O)[C@H]([NH3+])CCCC[NH3+].C[C@@H](Cc1ccccc1O)NC(=O)[C@@H](N)CCCCN.C[C@H](Cc1ccccc1)NC(=O)[C@@H]([NH3+])CCCC[NH3+].C[C@H](N)Cc1ccccc1O. The topological polar surface area (TPSA) is 401 Å². The van der Waals surface area contributed by atoms with Crippen LogP contribution < -0.4 is 72.9 Å². The van der Waals surface area contributed by atoms with Crippen LogP contribution in [0.25, 0.3) is 0 Å². The molecular formula is C69H119N13O6+6. The first-order valence-electron chi connectivity index (χ1n) is 32.1. The Hall–Kier alpha value is -6.78. The number of benzene rings is 5. The van der Waals surface area contributed by atoms with Crippen LogP contribution in [-0.2, 0) is 51.3 Å². The number of phenolic OH excluding ortho intramolecular Hbond substituents is 2. The zero-order valence-electron chi connectivity index (χ0n) is 54.3. The van der Waals surface area contributed by atoms with Crippen molar-refractivity contribution in [2.75, 3.05) is 26.2 Å². The number of para-hydroxylation sites is 2. The lowest BCUT2D eigenvalue weighted by atomic mass is 10.0. The van der Waals surface area contributed by atoms with E-state index >= 15 is 0 Å². The largest absolute Gasteiger partial charge is 0.508 e. The molecule has 0 radical (unpaired) electrons. The summed E-state index contributed by atoms with van der Waals surface area (Å²) < 4.78 is 0. The van der Waals surface area contributed by atoms with Crippen molar-refractivity contribution in [3.05, 3.63) is 167 Å². The van der Waals surface area contributed by atoms with Crippen LogP contribution >= 0.6 is 0 Å². The van der Waals surface area contributed by atoms with Crippen LogP contribution in [0.4, 0.5) is 0 Å². The van der Waals surface area contributed by atoms with Gasteiger partial charge in [-0.15, -0.1) is 0 Å². The van der Waals surface area contributed by atoms with Gasteiger partial charge in [0.05, 0.1) is 25.7 Å². The Morgan fingerprint density at radius 3 is 0.977 bits per heavy atom. The molecule has 4 amide bonds. The number of nitrogens with two attached hydrogens (primary N) is 3. The quantitative estimate of drug-likeness (QED) is 0.0265. The van der Waals surface area contributed by atoms with Crippen molar-refractivity contribution >= 4 is 23.6 Å². The number of rotatable bonds is 34. The molecule has 490 valence electrons. The number of quaternary nitrogens is 6. The maximum atomic E-state index is 11.9. The van der Waals surface area contributed by atoms with Gasteiger partial charge in [-0.2, -0.15) is 0 Å². The molecule has 9 atom stereocenters. The van der Waals surface area contributed by atoms with E-state index in [4.69, 9.17) is 17.2 Å². The van der Waals surface area contributed by atoms with Crippen molar-refractivity contribution in [1.29, 1.82) is 0 Å². The van der Waals surface area contributed by atoms with Gasteiger partial charge < -0.3 is 83.1 Å². The molecule has 0 fully saturated rings. The van der Waals surface area contributed by atoms with Crippen LogP contribution in [0.3, 0.4) is 0 Å². The number of nitrogens with one attached hydrogen (secondary N) is 4. The van der Waals surface area contributed by atoms with Gasteiger partial charge >= 0.3 is 0 Å². The number of aromatic hydroxyl groups is 2. The molecule has 19 heteroatoms. The summed E-state index contributed by atoms with van der Waals surface area (Å²) in [5.74, 6) is 0.628. The highest BCUT2D eigenvalue weighted by Crippen LogP contribution is 2.18. The molecule has 0 bridgehead atoms. The van der Waals surface area contributed by atoms with Crippen LogP contribution in [0.2, 0.25) is 0 Å². The van der Waals surface area contributed by atoms with E-state index in [1.165, 1.54) is 16.7 Å². The number of amides is 4. The molecule has 0 aliphatic rings. The number of carbonyl (C=O) groups excluding carboxylic acids is 4. The van der Waals surface area contributed by atoms with Gasteiger partial charge in [0, 0.05) is 49.5 Å². The van der Waals surface area contributed by atoms with Gasteiger partial charge in [-0.05, 0) is 165 Å². The summed E-state index contributed by atoms with van der Waals surface area (Å²) in [6.07, 6.45) is 15.1. The van der Waals surface area contributed by atoms with Gasteiger partial charge in [-0.25, -0.2) is 0 Å². The lowest BCUT2D eigenvalue weighted by Gasteiger charge is -2.18. The van der Waals surface area contributed by atoms with E-state index in [-0.39, 0.29) is 77.7 Å². The maximum Gasteiger partial charge on any atom is 0.278 e. The van der Waals surface area contributed by atoms with E-state index in [1.54, 1.807) is 24.3 Å². The summed E-state index contributed by atoms with van der Waals surface area (Å²) in [5, 5.41) is 31.0. The van der Waals surface area contributed by atoms with E-state index < -0.39 is 6.04 Å². The van der Waals surface area contributed by atoms with Crippen molar-refractivity contribution in [1.82, 2.24) is 21.3 Å². The highest BCUT2D eigenvalue weighted by molar-refractivity contribution is 5.82. The van der Waals surface area contributed by atoms with Gasteiger partial charge in [0.2, 0.25) is 5.91 Å². The van der Waals surface area contributed by atoms with E-state index in [2.05, 4.69) is 92.1 Å². The Balaban J connectivity index is 0.000000556. The first-order valence-corrected chi connectivity index (χ1v) is 32.1. The Morgan fingerprint density at radius 1 is 0.386 bits per heavy atom. The van der Waals surface area contributed by atoms with Gasteiger partial charge in [-0.3, -0.25) is 19.2 Å². The van der Waals surface area contributed by atoms with E-state index in [0.717, 1.165) is 127 Å². The summed E-state index contributed by atoms with van der Waals surface area (Å²) in [7, 11) is 0. The fraction of sp³-hybridized carbons (Fsp3) is 0.507. The zero-order valence-corrected chi connectivity index (χ0v) is 54.3. The number of hydrogen-bond acceptors (Lipinski definition) is 9. The lowest BCUT2D eigenvalue weighted by molar-refractivity contribution is -0.406. The Kier molecular flexibility index (Phi) is 44.2. The third-order valence-corrected chi connectivity index (χ3v) is 14.3. The van der Waals surface area contributed by atoms with Crippen LogP contribution in [0.15, 0.2) is 140 Å². The molecule has 0 spiro atoms. The molecule has 5 rings (SSSR count). The average molecular weight is 1230 g/mol. The smallest absolute Gasteiger partial charge is 0.278 e. The van der Waals surface area contributed by atoms with Gasteiger partial charge in [-0.1, -0.05) is 134 Å². The highest BCUT2D eigenvalue weighted by atomic mass is 16.3. The van der Waals surface area contributed by atoms with E-state index in [9.17, 15) is 29.4 Å². The molecule has 0 saturated carbocycles. The molecule has 0 heterocycles. The molecule has 88 heavy (non-hydrogen) atoms. The molecule has 5 aromatic rings. The molecule has 0 saturated heterocycles. The fourth-order valence-electron chi connectivity index (χ4n) is 9.32. The highest BCUT2D eigenvalue weighted by Gasteiger charge is 2.22. The Morgan fingerprint density at radius 2 is 0.670 bits per heavy atom. The minimum Gasteiger partial charge on any atom is -0.508 e. The minimum atomic E-state index is -0.492. The zero-order chi connectivity index (χ0) is 65.5. The summed E-state index contributed by atoms with van der Waals surface area (Å²) in [5.41, 5.74) is 45.5. The van der Waals surface area contributed by atoms with E-state index in [0.29, 0.717) is 25.1 Å². The fourth-order valence-corrected chi connectivity index (χ4v) is 9.32. The summed E-state index contributed by atoms with van der Waals surface area (Å²) in [6.45, 7) is 13.3. The Labute approximate surface area is 526 Å². The van der Waals surface area contributed by atoms with Crippen molar-refractivity contribution in [2.24, 2.45) is 17.2 Å². The van der Waals surface area contributed by atoms with Gasteiger partial charge in [0.1, 0.15) is 11.5 Å². The maximum absolute atomic E-state index is 11.9. The van der Waals surface area contributed by atoms with Crippen molar-refractivity contribution in [2.45, 2.75) is 198 Å². The first kappa shape index (κ1) is 79.2. The molecule has 0 aliphatic heterocycles. The second-order valence-electron chi connectivity index (χ2n) is 23.4. The molecule has 30 N–H and O–H groups in total. The molecule has 0 aromatic heterocycles. The third-order valence-electron chi connectivity index (χ3n) is 14.3. The first-order chi connectivity index (χ1) is 42.1. The van der Waals surface area contributed by atoms with Crippen molar-refractivity contribution < 1.29 is 63.8 Å². The molecule has 5 aromatic carbocycles. The van der Waals surface area contributed by atoms with E-state index in [1.807, 2.05) is 113 Å². The standard InChI is InChI=1S/C15H25N3O2.3C15H25N3O.C9H13NO/c1-11(10-12-6-2-3-8-14(12)19)18-15(20)13(17)7-4-5-9-16;3*1-12(11-13-7-3-2-4-8-13)18-15(19)14(17)9-5-6-10-16;1-7(10)6-8-4-2-3-5-9(8)11/h2-3,6,8,11,13,19H,4-5,7,9-10,16-17H2,1H3,(H,18,20);3*2-4,7-8,12,14H,5-6,9-11,16-17H2,1H3,(H,18,19);2-5,7,11H,6,10H2,1H3/p+6/t11-,13-;2*12-,14+;12-,14-;7-/m01000/s1. The molecule has 0 aliphatic carbocycles. The monoisotopic (exact) mass is 1230 g/mol. The second kappa shape index (κ2) is 49.1. The predicted octanol–water partition coefficient (Wildman–Crippen LogP) is 1.45. The third kappa shape index (κ3) is 39.2. The lowest BCUT2D eigenvalue weighted by Crippen LogP contribution is -2.68. The summed E-state index contributed by atoms with van der Waals surface area (Å²) in [4.78, 5) is 47.7. The Bertz CT molecular complexity index is 2390.